The van der Waals surface area contributed by atoms with Crippen molar-refractivity contribution < 1.29 is 64.3 Å². The van der Waals surface area contributed by atoms with Gasteiger partial charge in [0, 0.05) is 65.2 Å². The summed E-state index contributed by atoms with van der Waals surface area (Å²) in [5.74, 6) is -0.581. The molecule has 0 unspecified atom stereocenters. The number of anilines is 2. The quantitative estimate of drug-likeness (QED) is 0.0400. The van der Waals surface area contributed by atoms with Gasteiger partial charge in [0.1, 0.15) is 11.2 Å². The molecule has 0 atom stereocenters. The Morgan fingerprint density at radius 1 is 0.727 bits per heavy atom. The van der Waals surface area contributed by atoms with Crippen LogP contribution in [0, 0.1) is 0 Å². The molecule has 1 aliphatic heterocycles. The Bertz CT molecular complexity index is 2640. The minimum Gasteiger partial charge on any atom is -0.423 e. The van der Waals surface area contributed by atoms with E-state index in [1.807, 2.05) is 0 Å². The maximum Gasteiger partial charge on any atom is 0.488 e. The molecule has 7 rings (SSSR count). The van der Waals surface area contributed by atoms with Crippen LogP contribution in [0.2, 0.25) is 0 Å². The van der Waals surface area contributed by atoms with Gasteiger partial charge >= 0.3 is 99.5 Å². The molecule has 1 fully saturated rings. The number of carbonyl (C=O) groups excluding carboxylic acids is 2. The summed E-state index contributed by atoms with van der Waals surface area (Å²) >= 11 is 5.17. The molecule has 5 N–H and O–H groups in total. The van der Waals surface area contributed by atoms with Crippen LogP contribution in [0.5, 0.6) is 0 Å². The molecule has 1 aliphatic rings. The third-order valence-corrected chi connectivity index (χ3v) is 9.51. The van der Waals surface area contributed by atoms with Crippen molar-refractivity contribution in [3.8, 4) is 0 Å². The molecule has 0 aliphatic carbocycles. The fourth-order valence-corrected chi connectivity index (χ4v) is 5.90. The number of benzene rings is 4. The maximum absolute atomic E-state index is 13.0. The van der Waals surface area contributed by atoms with Gasteiger partial charge in [0.05, 0.1) is 11.1 Å². The van der Waals surface area contributed by atoms with E-state index < -0.39 is 53.0 Å². The van der Waals surface area contributed by atoms with Crippen LogP contribution in [0.15, 0.2) is 115 Å². The number of nitrogens with two attached hydrogens (primary N) is 1. The second kappa shape index (κ2) is 25.5. The number of nitrogen functional groups attached to an aromatic ring is 1. The van der Waals surface area contributed by atoms with Gasteiger partial charge < -0.3 is 39.6 Å². The standard InChI is InChI=1S/C17H11BF3NO5.C10H6F3NO2.C7H4BClO2.C6H15N.C4H8O/c19-17(20,21)13-8-15(23)27-14-7-11(5-6-12(13)14)22-16(24)9-1-3-10(4-2-9)18(25)26;11-10(12,13)7-4-9(15)16-8-3-5(14)1-2-6(7)8;9-7(10)5-1-3-6(8-11)4-2-5;1-4-7(5-2)6-3;1-2-4-5-3-1/h1-8,25-26H,(H,22,24);1-4H,14H2;1-4H;4-6H2,1-3H3;1-4H2. The van der Waals surface area contributed by atoms with Gasteiger partial charge in [-0.25, -0.2) is 9.59 Å². The van der Waals surface area contributed by atoms with Crippen LogP contribution in [0.4, 0.5) is 37.7 Å². The van der Waals surface area contributed by atoms with Crippen molar-refractivity contribution in [1.29, 1.82) is 0 Å². The Hall–Kier alpha value is -6.12. The number of hydrogen-bond donors (Lipinski definition) is 4. The van der Waals surface area contributed by atoms with Crippen LogP contribution in [0.25, 0.3) is 21.9 Å². The van der Waals surface area contributed by atoms with Crippen molar-refractivity contribution >= 4 is 81.3 Å². The van der Waals surface area contributed by atoms with Crippen LogP contribution in [0.3, 0.4) is 0 Å². The number of halogens is 7. The third kappa shape index (κ3) is 17.0. The van der Waals surface area contributed by atoms with E-state index in [1.54, 1.807) is 12.1 Å². The van der Waals surface area contributed by atoms with E-state index in [-0.39, 0.29) is 44.3 Å². The minimum absolute atomic E-state index is 0.126. The van der Waals surface area contributed by atoms with Crippen LogP contribution in [-0.4, -0.2) is 73.2 Å². The van der Waals surface area contributed by atoms with E-state index >= 15 is 0 Å². The predicted molar refractivity (Wildman–Crippen MR) is 240 cm³/mol. The minimum atomic E-state index is -4.72. The molecule has 6 aromatic rings. The zero-order chi connectivity index (χ0) is 49.2. The molecular formula is C44H44B2ClF6N3O10. The van der Waals surface area contributed by atoms with E-state index in [1.165, 1.54) is 93.1 Å². The first-order chi connectivity index (χ1) is 31.1. The largest absolute Gasteiger partial charge is 0.488 e. The number of fused-ring (bicyclic) bond motifs is 2. The van der Waals surface area contributed by atoms with Gasteiger partial charge in [-0.2, -0.15) is 26.3 Å². The smallest absolute Gasteiger partial charge is 0.423 e. The summed E-state index contributed by atoms with van der Waals surface area (Å²) in [5, 5.41) is 19.5. The molecule has 13 nitrogen and oxygen atoms in total. The van der Waals surface area contributed by atoms with Crippen molar-refractivity contribution in [1.82, 2.24) is 4.90 Å². The van der Waals surface area contributed by atoms with Crippen molar-refractivity contribution in [3.63, 3.8) is 0 Å². The normalized spacial score (nSPS) is 12.0. The molecular weight excluding hydrogens is 902 g/mol. The molecule has 1 saturated heterocycles. The maximum atomic E-state index is 13.0. The van der Waals surface area contributed by atoms with Gasteiger partial charge in [-0.3, -0.25) is 4.79 Å². The predicted octanol–water partition coefficient (Wildman–Crippen LogP) is 7.02. The first-order valence-corrected chi connectivity index (χ1v) is 20.4. The zero-order valence-electron chi connectivity index (χ0n) is 35.7. The fourth-order valence-electron chi connectivity index (χ4n) is 5.77. The number of carbonyl (C=O) groups is 2. The van der Waals surface area contributed by atoms with Gasteiger partial charge in [0.2, 0.25) is 0 Å². The summed E-state index contributed by atoms with van der Waals surface area (Å²) in [6.45, 7) is 12.1. The molecule has 22 heteroatoms. The van der Waals surface area contributed by atoms with Crippen LogP contribution >= 0.6 is 11.6 Å². The number of rotatable bonds is 8. The average molecular weight is 946 g/mol. The molecule has 0 bridgehead atoms. The average Bonchev–Trinajstić information content (AvgIpc) is 3.87. The number of hydrogen-bond acceptors (Lipinski definition) is 12. The number of nitrogens with one attached hydrogen (secondary N) is 1. The van der Waals surface area contributed by atoms with E-state index in [0.29, 0.717) is 30.3 Å². The van der Waals surface area contributed by atoms with Gasteiger partial charge in [0.25, 0.3) is 5.91 Å². The summed E-state index contributed by atoms with van der Waals surface area (Å²) in [7, 11) is -0.962. The number of amides is 1. The Balaban J connectivity index is 0.000000249. The van der Waals surface area contributed by atoms with Gasteiger partial charge in [0.15, 0.2) is 0 Å². The van der Waals surface area contributed by atoms with E-state index in [4.69, 9.17) is 36.5 Å². The Morgan fingerprint density at radius 2 is 1.20 bits per heavy atom. The molecule has 66 heavy (non-hydrogen) atoms. The SMILES string of the molecule is C1CCOC1.CCN(CC)CC.Nc1ccc2c(C(F)(F)F)cc(=O)oc2c1.O=Bc1ccc(C(=O)Cl)cc1.O=C(Nc1ccc2c(C(F)(F)F)cc(=O)oc2c1)c1ccc(B(O)O)cc1. The Morgan fingerprint density at radius 3 is 1.59 bits per heavy atom. The summed E-state index contributed by atoms with van der Waals surface area (Å²) in [6, 6.07) is 19.5. The van der Waals surface area contributed by atoms with E-state index in [9.17, 15) is 50.2 Å². The van der Waals surface area contributed by atoms with Crippen molar-refractivity contribution in [2.75, 3.05) is 43.9 Å². The summed E-state index contributed by atoms with van der Waals surface area (Å²) in [6.07, 6.45) is -6.76. The summed E-state index contributed by atoms with van der Waals surface area (Å²) < 4.78 is 101. The molecule has 0 saturated carbocycles. The first kappa shape index (κ1) is 54.2. The molecule has 1 amide bonds. The number of alkyl halides is 6. The second-order valence-electron chi connectivity index (χ2n) is 13.8. The molecule has 0 radical (unpaired) electrons. The molecule has 350 valence electrons. The number of nitrogens with zero attached hydrogens (tertiary/aromatic N) is 1. The first-order valence-electron chi connectivity index (χ1n) is 20.0. The molecule has 0 spiro atoms. The van der Waals surface area contributed by atoms with Crippen molar-refractivity contribution in [2.24, 2.45) is 0 Å². The Labute approximate surface area is 379 Å². The van der Waals surface area contributed by atoms with Crippen molar-refractivity contribution in [3.05, 3.63) is 140 Å². The van der Waals surface area contributed by atoms with Crippen molar-refractivity contribution in [2.45, 2.75) is 46.0 Å². The molecule has 4 aromatic carbocycles. The second-order valence-corrected chi connectivity index (χ2v) is 14.2. The van der Waals surface area contributed by atoms with E-state index in [0.717, 1.165) is 25.3 Å². The zero-order valence-corrected chi connectivity index (χ0v) is 36.4. The topological polar surface area (TPSA) is 203 Å². The summed E-state index contributed by atoms with van der Waals surface area (Å²) in [4.78, 5) is 47.5. The molecule has 3 heterocycles. The van der Waals surface area contributed by atoms with Gasteiger partial charge in [-0.05, 0) is 74.3 Å². The Kier molecular flexibility index (Phi) is 21.0. The molecule has 2 aromatic heterocycles. The fraction of sp³-hybridized carbons (Fsp3) is 0.273. The van der Waals surface area contributed by atoms with Crippen LogP contribution < -0.4 is 33.2 Å². The van der Waals surface area contributed by atoms with Gasteiger partial charge in [-0.1, -0.05) is 32.9 Å². The monoisotopic (exact) mass is 945 g/mol. The van der Waals surface area contributed by atoms with E-state index in [2.05, 4.69) is 35.4 Å². The van der Waals surface area contributed by atoms with Crippen LogP contribution in [-0.2, 0) is 21.8 Å². The summed E-state index contributed by atoms with van der Waals surface area (Å²) in [5.41, 5.74) is 2.24. The van der Waals surface area contributed by atoms with Gasteiger partial charge in [-0.15, -0.1) is 0 Å². The third-order valence-electron chi connectivity index (χ3n) is 9.30. The number of ether oxygens (including phenoxy) is 1. The van der Waals surface area contributed by atoms with Crippen LogP contribution in [0.1, 0.15) is 65.5 Å².